The van der Waals surface area contributed by atoms with Crippen molar-refractivity contribution in [1.29, 1.82) is 0 Å². The van der Waals surface area contributed by atoms with Gasteiger partial charge in [0.05, 0.1) is 19.6 Å². The lowest BCUT2D eigenvalue weighted by Crippen LogP contribution is -2.51. The van der Waals surface area contributed by atoms with Crippen LogP contribution in [-0.2, 0) is 32.1 Å². The highest BCUT2D eigenvalue weighted by molar-refractivity contribution is 5.92. The fraction of sp³-hybridized carbons (Fsp3) is 0.280. The van der Waals surface area contributed by atoms with Crippen LogP contribution in [0.25, 0.3) is 10.9 Å². The summed E-state index contributed by atoms with van der Waals surface area (Å²) in [5.41, 5.74) is 2.76. The van der Waals surface area contributed by atoms with Gasteiger partial charge in [0.2, 0.25) is 23.6 Å². The summed E-state index contributed by atoms with van der Waals surface area (Å²) in [6.07, 6.45) is 2.09. The quantitative estimate of drug-likeness (QED) is 0.217. The van der Waals surface area contributed by atoms with Gasteiger partial charge in [0.25, 0.3) is 0 Å². The van der Waals surface area contributed by atoms with Crippen molar-refractivity contribution in [3.63, 3.8) is 0 Å². The molecule has 1 unspecified atom stereocenters. The van der Waals surface area contributed by atoms with Crippen LogP contribution in [0.15, 0.2) is 60.8 Å². The molecular weight excluding hydrogens is 448 g/mol. The second-order valence-corrected chi connectivity index (χ2v) is 7.97. The molecule has 184 valence electrons. The van der Waals surface area contributed by atoms with E-state index in [4.69, 9.17) is 0 Å². The van der Waals surface area contributed by atoms with Crippen molar-refractivity contribution in [2.75, 3.05) is 26.7 Å². The molecule has 2 aromatic carbocycles. The zero-order valence-electron chi connectivity index (χ0n) is 19.5. The lowest BCUT2D eigenvalue weighted by molar-refractivity contribution is -0.130. The molecule has 10 heteroatoms. The molecule has 1 aromatic heterocycles. The number of para-hydroxylation sites is 1. The minimum absolute atomic E-state index is 0.0847. The summed E-state index contributed by atoms with van der Waals surface area (Å²) in [5, 5.41) is 14.1. The van der Waals surface area contributed by atoms with Crippen LogP contribution in [0.2, 0.25) is 0 Å². The maximum Gasteiger partial charge on any atom is 0.243 e. The van der Waals surface area contributed by atoms with E-state index in [1.807, 2.05) is 60.8 Å². The number of fused-ring (bicyclic) bond motifs is 1. The topological polar surface area (TPSA) is 144 Å². The second kappa shape index (κ2) is 12.9. The van der Waals surface area contributed by atoms with Crippen LogP contribution in [0, 0.1) is 0 Å². The molecule has 0 radical (unpaired) electrons. The summed E-state index contributed by atoms with van der Waals surface area (Å²) in [4.78, 5) is 52.1. The van der Waals surface area contributed by atoms with Crippen LogP contribution in [0.5, 0.6) is 0 Å². The van der Waals surface area contributed by atoms with E-state index in [9.17, 15) is 19.2 Å². The van der Waals surface area contributed by atoms with Crippen molar-refractivity contribution >= 4 is 34.5 Å². The van der Waals surface area contributed by atoms with E-state index in [1.165, 1.54) is 0 Å². The van der Waals surface area contributed by atoms with Gasteiger partial charge in [-0.15, -0.1) is 0 Å². The van der Waals surface area contributed by atoms with Crippen molar-refractivity contribution in [3.05, 3.63) is 71.9 Å². The fourth-order valence-corrected chi connectivity index (χ4v) is 3.53. The first-order valence-corrected chi connectivity index (χ1v) is 11.3. The average Bonchev–Trinajstić information content (AvgIpc) is 3.28. The maximum absolute atomic E-state index is 13.0. The zero-order chi connectivity index (χ0) is 25.0. The van der Waals surface area contributed by atoms with Crippen LogP contribution in [0.1, 0.15) is 11.1 Å². The molecule has 0 aliphatic rings. The number of rotatable bonds is 12. The van der Waals surface area contributed by atoms with Gasteiger partial charge < -0.3 is 31.6 Å². The Hall–Kier alpha value is -4.18. The Balaban J connectivity index is 1.60. The molecule has 0 fully saturated rings. The molecule has 1 atom stereocenters. The first kappa shape index (κ1) is 25.4. The zero-order valence-corrected chi connectivity index (χ0v) is 19.5. The molecular formula is C25H30N6O4. The number of aromatic nitrogens is 1. The standard InChI is InChI=1S/C25H30N6O4/c1-26-14-22(32)28-15-23(33)29-16-24(34)31-21(25(35)30-12-17-7-3-2-4-8-17)11-18-13-27-20-10-6-5-9-19(18)20/h2-10,13,21,26-27H,11-12,14-16H2,1H3,(H,28,32)(H,29,33)(H,30,35)(H,31,34). The van der Waals surface area contributed by atoms with Gasteiger partial charge in [-0.25, -0.2) is 0 Å². The molecule has 6 N–H and O–H groups in total. The van der Waals surface area contributed by atoms with E-state index in [0.717, 1.165) is 22.0 Å². The summed E-state index contributed by atoms with van der Waals surface area (Å²) in [5.74, 6) is -1.69. The Kier molecular flexibility index (Phi) is 9.38. The minimum atomic E-state index is -0.849. The molecule has 0 saturated heterocycles. The molecule has 0 saturated carbocycles. The van der Waals surface area contributed by atoms with E-state index in [2.05, 4.69) is 31.6 Å². The van der Waals surface area contributed by atoms with Crippen LogP contribution in [0.3, 0.4) is 0 Å². The highest BCUT2D eigenvalue weighted by Crippen LogP contribution is 2.19. The van der Waals surface area contributed by atoms with Crippen LogP contribution in [-0.4, -0.2) is 61.3 Å². The Morgan fingerprint density at radius 1 is 0.800 bits per heavy atom. The third kappa shape index (κ3) is 7.97. The number of H-pyrrole nitrogens is 1. The Morgan fingerprint density at radius 2 is 1.46 bits per heavy atom. The summed E-state index contributed by atoms with van der Waals surface area (Å²) >= 11 is 0. The fourth-order valence-electron chi connectivity index (χ4n) is 3.53. The van der Waals surface area contributed by atoms with Gasteiger partial charge in [0, 0.05) is 30.1 Å². The molecule has 0 bridgehead atoms. The first-order chi connectivity index (χ1) is 17.0. The van der Waals surface area contributed by atoms with Gasteiger partial charge >= 0.3 is 0 Å². The predicted octanol–water partition coefficient (Wildman–Crippen LogP) is -0.0366. The smallest absolute Gasteiger partial charge is 0.243 e. The van der Waals surface area contributed by atoms with Crippen LogP contribution in [0.4, 0.5) is 0 Å². The molecule has 4 amide bonds. The van der Waals surface area contributed by atoms with E-state index in [1.54, 1.807) is 7.05 Å². The number of amides is 4. The number of aromatic amines is 1. The molecule has 10 nitrogen and oxygen atoms in total. The van der Waals surface area contributed by atoms with E-state index >= 15 is 0 Å². The number of likely N-dealkylation sites (N-methyl/N-ethyl adjacent to an activating group) is 1. The Morgan fingerprint density at radius 3 is 2.20 bits per heavy atom. The largest absolute Gasteiger partial charge is 0.361 e. The summed E-state index contributed by atoms with van der Waals surface area (Å²) < 4.78 is 0. The molecule has 0 spiro atoms. The van der Waals surface area contributed by atoms with Gasteiger partial charge in [-0.1, -0.05) is 48.5 Å². The van der Waals surface area contributed by atoms with Gasteiger partial charge in [-0.2, -0.15) is 0 Å². The van der Waals surface area contributed by atoms with Crippen molar-refractivity contribution in [1.82, 2.24) is 31.6 Å². The lowest BCUT2D eigenvalue weighted by Gasteiger charge is -2.19. The SMILES string of the molecule is CNCC(=O)NCC(=O)NCC(=O)NC(Cc1c[nH]c2ccccc12)C(=O)NCc1ccccc1. The van der Waals surface area contributed by atoms with Gasteiger partial charge in [-0.3, -0.25) is 19.2 Å². The van der Waals surface area contributed by atoms with Gasteiger partial charge in [0.15, 0.2) is 0 Å². The number of hydrogen-bond donors (Lipinski definition) is 6. The number of carbonyl (C=O) groups excluding carboxylic acids is 4. The summed E-state index contributed by atoms with van der Waals surface area (Å²) in [6.45, 7) is -0.161. The monoisotopic (exact) mass is 478 g/mol. The van der Waals surface area contributed by atoms with Crippen molar-refractivity contribution < 1.29 is 19.2 Å². The highest BCUT2D eigenvalue weighted by Gasteiger charge is 2.23. The van der Waals surface area contributed by atoms with Crippen molar-refractivity contribution in [2.24, 2.45) is 0 Å². The third-order valence-corrected chi connectivity index (χ3v) is 5.29. The molecule has 3 aromatic rings. The number of nitrogens with one attached hydrogen (secondary N) is 6. The van der Waals surface area contributed by atoms with E-state index in [-0.39, 0.29) is 37.9 Å². The highest BCUT2D eigenvalue weighted by atomic mass is 16.2. The molecule has 3 rings (SSSR count). The van der Waals surface area contributed by atoms with Crippen LogP contribution < -0.4 is 26.6 Å². The maximum atomic E-state index is 13.0. The second-order valence-electron chi connectivity index (χ2n) is 7.97. The van der Waals surface area contributed by atoms with Gasteiger partial charge in [0.1, 0.15) is 6.04 Å². The number of benzene rings is 2. The van der Waals surface area contributed by atoms with Gasteiger partial charge in [-0.05, 0) is 24.2 Å². The number of carbonyl (C=O) groups is 4. The van der Waals surface area contributed by atoms with Crippen molar-refractivity contribution in [2.45, 2.75) is 19.0 Å². The number of hydrogen-bond acceptors (Lipinski definition) is 5. The summed E-state index contributed by atoms with van der Waals surface area (Å²) in [7, 11) is 1.62. The Bertz CT molecular complexity index is 1160. The van der Waals surface area contributed by atoms with E-state index < -0.39 is 17.9 Å². The third-order valence-electron chi connectivity index (χ3n) is 5.29. The predicted molar refractivity (Wildman–Crippen MR) is 132 cm³/mol. The first-order valence-electron chi connectivity index (χ1n) is 11.3. The Labute approximate surface area is 203 Å². The molecule has 35 heavy (non-hydrogen) atoms. The minimum Gasteiger partial charge on any atom is -0.361 e. The average molecular weight is 479 g/mol. The van der Waals surface area contributed by atoms with E-state index in [0.29, 0.717) is 6.54 Å². The van der Waals surface area contributed by atoms with Crippen molar-refractivity contribution in [3.8, 4) is 0 Å². The summed E-state index contributed by atoms with van der Waals surface area (Å²) in [6, 6.07) is 16.3. The van der Waals surface area contributed by atoms with Crippen LogP contribution >= 0.6 is 0 Å². The normalized spacial score (nSPS) is 11.5. The molecule has 0 aliphatic carbocycles. The molecule has 0 aliphatic heterocycles. The molecule has 1 heterocycles. The lowest BCUT2D eigenvalue weighted by atomic mass is 10.0.